The minimum atomic E-state index is 0.0540. The summed E-state index contributed by atoms with van der Waals surface area (Å²) in [4.78, 5) is 14.0. The first-order valence-corrected chi connectivity index (χ1v) is 7.49. The quantitative estimate of drug-likeness (QED) is 0.787. The summed E-state index contributed by atoms with van der Waals surface area (Å²) in [7, 11) is 3.63. The fraction of sp³-hybridized carbons (Fsp3) is 0.562. The number of nitrogens with one attached hydrogen (secondary N) is 2. The average Bonchev–Trinajstić information content (AvgIpc) is 2.98. The van der Waals surface area contributed by atoms with Crippen LogP contribution < -0.4 is 15.4 Å². The second-order valence-corrected chi connectivity index (χ2v) is 5.62. The van der Waals surface area contributed by atoms with Crippen LogP contribution in [0.5, 0.6) is 5.75 Å². The molecule has 2 N–H and O–H groups in total. The number of benzene rings is 1. The van der Waals surface area contributed by atoms with Gasteiger partial charge in [-0.2, -0.15) is 0 Å². The van der Waals surface area contributed by atoms with Crippen LogP contribution in [0, 0.1) is 0 Å². The SMILES string of the molecule is COc1cccc(CNC(=O)CN(C)CC2CCCN2)c1. The molecule has 0 spiro atoms. The van der Waals surface area contributed by atoms with Crippen molar-refractivity contribution in [3.8, 4) is 5.75 Å². The number of likely N-dealkylation sites (N-methyl/N-ethyl adjacent to an activating group) is 1. The van der Waals surface area contributed by atoms with Crippen LogP contribution in [0.3, 0.4) is 0 Å². The summed E-state index contributed by atoms with van der Waals surface area (Å²) >= 11 is 0. The van der Waals surface area contributed by atoms with E-state index in [4.69, 9.17) is 4.74 Å². The van der Waals surface area contributed by atoms with Gasteiger partial charge < -0.3 is 15.4 Å². The highest BCUT2D eigenvalue weighted by Crippen LogP contribution is 2.12. The zero-order valence-electron chi connectivity index (χ0n) is 12.9. The summed E-state index contributed by atoms with van der Waals surface area (Å²) in [6.07, 6.45) is 2.44. The van der Waals surface area contributed by atoms with Crippen molar-refractivity contribution >= 4 is 5.91 Å². The van der Waals surface area contributed by atoms with E-state index in [2.05, 4.69) is 15.5 Å². The van der Waals surface area contributed by atoms with Gasteiger partial charge in [0.1, 0.15) is 5.75 Å². The summed E-state index contributed by atoms with van der Waals surface area (Å²) in [6.45, 7) is 2.99. The Balaban J connectivity index is 1.70. The van der Waals surface area contributed by atoms with Gasteiger partial charge in [0.05, 0.1) is 13.7 Å². The van der Waals surface area contributed by atoms with Gasteiger partial charge in [-0.1, -0.05) is 12.1 Å². The Morgan fingerprint density at radius 3 is 3.10 bits per heavy atom. The molecule has 5 heteroatoms. The maximum Gasteiger partial charge on any atom is 0.234 e. The number of ether oxygens (including phenoxy) is 1. The number of amides is 1. The maximum absolute atomic E-state index is 12.0. The van der Waals surface area contributed by atoms with Gasteiger partial charge in [-0.15, -0.1) is 0 Å². The third-order valence-electron chi connectivity index (χ3n) is 3.73. The van der Waals surface area contributed by atoms with Crippen molar-refractivity contribution in [3.05, 3.63) is 29.8 Å². The Bertz CT molecular complexity index is 459. The third kappa shape index (κ3) is 5.36. The predicted molar refractivity (Wildman–Crippen MR) is 83.4 cm³/mol. The van der Waals surface area contributed by atoms with Gasteiger partial charge in [0.15, 0.2) is 0 Å². The van der Waals surface area contributed by atoms with Gasteiger partial charge in [-0.25, -0.2) is 0 Å². The van der Waals surface area contributed by atoms with E-state index in [9.17, 15) is 4.79 Å². The molecule has 1 fully saturated rings. The smallest absolute Gasteiger partial charge is 0.234 e. The molecule has 1 aliphatic heterocycles. The summed E-state index contributed by atoms with van der Waals surface area (Å²) in [6, 6.07) is 8.27. The largest absolute Gasteiger partial charge is 0.497 e. The number of rotatable bonds is 7. The summed E-state index contributed by atoms with van der Waals surface area (Å²) in [5, 5.41) is 6.39. The molecular weight excluding hydrogens is 266 g/mol. The van der Waals surface area contributed by atoms with Gasteiger partial charge in [0.25, 0.3) is 0 Å². The number of carbonyl (C=O) groups excluding carboxylic acids is 1. The summed E-state index contributed by atoms with van der Waals surface area (Å²) in [5.74, 6) is 0.865. The van der Waals surface area contributed by atoms with E-state index in [1.807, 2.05) is 31.3 Å². The van der Waals surface area contributed by atoms with E-state index in [-0.39, 0.29) is 5.91 Å². The zero-order valence-corrected chi connectivity index (χ0v) is 12.9. The Labute approximate surface area is 126 Å². The second-order valence-electron chi connectivity index (χ2n) is 5.62. The molecule has 1 amide bonds. The minimum absolute atomic E-state index is 0.0540. The van der Waals surface area contributed by atoms with Crippen molar-refractivity contribution < 1.29 is 9.53 Å². The van der Waals surface area contributed by atoms with Crippen LogP contribution in [0.2, 0.25) is 0 Å². The first-order valence-electron chi connectivity index (χ1n) is 7.49. The van der Waals surface area contributed by atoms with E-state index in [0.29, 0.717) is 19.1 Å². The van der Waals surface area contributed by atoms with Gasteiger partial charge >= 0.3 is 0 Å². The van der Waals surface area contributed by atoms with Crippen LogP contribution in [0.4, 0.5) is 0 Å². The summed E-state index contributed by atoms with van der Waals surface area (Å²) < 4.78 is 5.17. The number of hydrogen-bond acceptors (Lipinski definition) is 4. The van der Waals surface area contributed by atoms with Crippen LogP contribution in [-0.4, -0.2) is 50.6 Å². The molecule has 1 aromatic rings. The highest BCUT2D eigenvalue weighted by molar-refractivity contribution is 5.77. The topological polar surface area (TPSA) is 53.6 Å². The predicted octanol–water partition coefficient (Wildman–Crippen LogP) is 0.995. The molecule has 1 aliphatic rings. The van der Waals surface area contributed by atoms with Crippen molar-refractivity contribution in [1.29, 1.82) is 0 Å². The lowest BCUT2D eigenvalue weighted by atomic mass is 10.2. The first kappa shape index (κ1) is 15.8. The molecule has 0 aromatic heterocycles. The van der Waals surface area contributed by atoms with Crippen LogP contribution in [0.25, 0.3) is 0 Å². The average molecular weight is 291 g/mol. The lowest BCUT2D eigenvalue weighted by molar-refractivity contribution is -0.122. The van der Waals surface area contributed by atoms with E-state index >= 15 is 0 Å². The lowest BCUT2D eigenvalue weighted by Crippen LogP contribution is -2.41. The highest BCUT2D eigenvalue weighted by atomic mass is 16.5. The van der Waals surface area contributed by atoms with E-state index in [1.54, 1.807) is 7.11 Å². The zero-order chi connectivity index (χ0) is 15.1. The van der Waals surface area contributed by atoms with Crippen LogP contribution in [-0.2, 0) is 11.3 Å². The maximum atomic E-state index is 12.0. The molecule has 2 rings (SSSR count). The molecule has 1 unspecified atom stereocenters. The van der Waals surface area contributed by atoms with E-state index in [0.717, 1.165) is 24.4 Å². The Hall–Kier alpha value is -1.59. The highest BCUT2D eigenvalue weighted by Gasteiger charge is 2.17. The standard InChI is InChI=1S/C16H25N3O2/c1-19(11-14-6-4-8-17-14)12-16(20)18-10-13-5-3-7-15(9-13)21-2/h3,5,7,9,14,17H,4,6,8,10-12H2,1-2H3,(H,18,20). The van der Waals surface area contributed by atoms with Crippen LogP contribution in [0.15, 0.2) is 24.3 Å². The van der Waals surface area contributed by atoms with Crippen LogP contribution in [0.1, 0.15) is 18.4 Å². The fourth-order valence-electron chi connectivity index (χ4n) is 2.64. The van der Waals surface area contributed by atoms with Gasteiger partial charge in [0.2, 0.25) is 5.91 Å². The molecule has 1 saturated heterocycles. The molecular formula is C16H25N3O2. The lowest BCUT2D eigenvalue weighted by Gasteiger charge is -2.20. The number of carbonyl (C=O) groups is 1. The van der Waals surface area contributed by atoms with Crippen molar-refractivity contribution in [2.24, 2.45) is 0 Å². The van der Waals surface area contributed by atoms with Gasteiger partial charge in [-0.3, -0.25) is 9.69 Å². The van der Waals surface area contributed by atoms with Gasteiger partial charge in [0, 0.05) is 19.1 Å². The minimum Gasteiger partial charge on any atom is -0.497 e. The monoisotopic (exact) mass is 291 g/mol. The Morgan fingerprint density at radius 1 is 1.52 bits per heavy atom. The van der Waals surface area contributed by atoms with Gasteiger partial charge in [-0.05, 0) is 44.1 Å². The second kappa shape index (κ2) is 8.00. The van der Waals surface area contributed by atoms with Crippen LogP contribution >= 0.6 is 0 Å². The molecule has 0 aliphatic carbocycles. The molecule has 116 valence electrons. The summed E-state index contributed by atoms with van der Waals surface area (Å²) in [5.41, 5.74) is 1.04. The normalized spacial score (nSPS) is 18.0. The Morgan fingerprint density at radius 2 is 2.38 bits per heavy atom. The molecule has 5 nitrogen and oxygen atoms in total. The third-order valence-corrected chi connectivity index (χ3v) is 3.73. The van der Waals surface area contributed by atoms with Crippen molar-refractivity contribution in [2.45, 2.75) is 25.4 Å². The number of nitrogens with zero attached hydrogens (tertiary/aromatic N) is 1. The van der Waals surface area contributed by atoms with Crippen molar-refractivity contribution in [3.63, 3.8) is 0 Å². The molecule has 1 aromatic carbocycles. The molecule has 0 saturated carbocycles. The molecule has 21 heavy (non-hydrogen) atoms. The number of hydrogen-bond donors (Lipinski definition) is 2. The molecule has 0 radical (unpaired) electrons. The van der Waals surface area contributed by atoms with Crippen molar-refractivity contribution in [2.75, 3.05) is 33.8 Å². The van der Waals surface area contributed by atoms with E-state index in [1.165, 1.54) is 12.8 Å². The molecule has 1 heterocycles. The first-order chi connectivity index (χ1) is 10.2. The molecule has 1 atom stereocenters. The molecule has 0 bridgehead atoms. The number of methoxy groups -OCH3 is 1. The fourth-order valence-corrected chi connectivity index (χ4v) is 2.64. The van der Waals surface area contributed by atoms with E-state index < -0.39 is 0 Å². The van der Waals surface area contributed by atoms with Crippen molar-refractivity contribution in [1.82, 2.24) is 15.5 Å². The Kier molecular flexibility index (Phi) is 6.02.